The van der Waals surface area contributed by atoms with Gasteiger partial charge in [-0.15, -0.1) is 0 Å². The highest BCUT2D eigenvalue weighted by molar-refractivity contribution is 5.97. The van der Waals surface area contributed by atoms with Crippen molar-refractivity contribution in [1.29, 1.82) is 0 Å². The number of ketones is 1. The Morgan fingerprint density at radius 3 is 2.46 bits per heavy atom. The van der Waals surface area contributed by atoms with Gasteiger partial charge >= 0.3 is 5.97 Å². The Morgan fingerprint density at radius 2 is 1.88 bits per heavy atom. The van der Waals surface area contributed by atoms with Gasteiger partial charge in [-0.1, -0.05) is 0 Å². The van der Waals surface area contributed by atoms with E-state index in [4.69, 9.17) is 19.3 Å². The predicted octanol–water partition coefficient (Wildman–Crippen LogP) is 1.15. The van der Waals surface area contributed by atoms with Crippen molar-refractivity contribution < 1.29 is 33.7 Å². The van der Waals surface area contributed by atoms with Crippen LogP contribution in [0.2, 0.25) is 0 Å². The highest BCUT2D eigenvalue weighted by Gasteiger charge is 2.30. The zero-order valence-electron chi connectivity index (χ0n) is 15.1. The lowest BCUT2D eigenvalue weighted by Gasteiger charge is -2.35. The fraction of sp³-hybridized carbons (Fsp3) is 0.500. The first-order chi connectivity index (χ1) is 12.4. The summed E-state index contributed by atoms with van der Waals surface area (Å²) >= 11 is 0. The maximum absolute atomic E-state index is 12.8. The third kappa shape index (κ3) is 4.51. The Labute approximate surface area is 151 Å². The van der Waals surface area contributed by atoms with Gasteiger partial charge in [-0.2, -0.15) is 0 Å². The third-order valence-electron chi connectivity index (χ3n) is 4.29. The summed E-state index contributed by atoms with van der Waals surface area (Å²) in [6.07, 6.45) is -0.220. The maximum atomic E-state index is 12.8. The third-order valence-corrected chi connectivity index (χ3v) is 4.29. The number of carboxylic acids is 1. The minimum Gasteiger partial charge on any atom is -0.493 e. The Kier molecular flexibility index (Phi) is 6.57. The van der Waals surface area contributed by atoms with E-state index in [0.29, 0.717) is 35.8 Å². The van der Waals surface area contributed by atoms with Crippen LogP contribution in [0.15, 0.2) is 12.1 Å². The van der Waals surface area contributed by atoms with Crippen LogP contribution in [0.5, 0.6) is 11.5 Å². The van der Waals surface area contributed by atoms with Gasteiger partial charge in [0.25, 0.3) is 0 Å². The molecule has 26 heavy (non-hydrogen) atoms. The molecule has 1 heterocycles. The van der Waals surface area contributed by atoms with E-state index in [1.165, 1.54) is 26.0 Å². The summed E-state index contributed by atoms with van der Waals surface area (Å²) in [5.41, 5.74) is 0.889. The Hall–Kier alpha value is -2.61. The number of aliphatic carboxylic acids is 1. The molecule has 0 aliphatic carbocycles. The molecule has 1 saturated heterocycles. The van der Waals surface area contributed by atoms with Crippen molar-refractivity contribution in [3.05, 3.63) is 23.3 Å². The molecular weight excluding hydrogens is 342 g/mol. The highest BCUT2D eigenvalue weighted by Crippen LogP contribution is 2.31. The minimum absolute atomic E-state index is 0.0363. The summed E-state index contributed by atoms with van der Waals surface area (Å²) < 4.78 is 15.8. The van der Waals surface area contributed by atoms with Crippen LogP contribution in [0.1, 0.15) is 29.3 Å². The lowest BCUT2D eigenvalue weighted by atomic mass is 9.99. The molecule has 0 aromatic heterocycles. The molecule has 2 rings (SSSR count). The van der Waals surface area contributed by atoms with Crippen molar-refractivity contribution in [2.75, 3.05) is 34.0 Å². The van der Waals surface area contributed by atoms with Crippen LogP contribution < -0.4 is 9.47 Å². The molecule has 0 unspecified atom stereocenters. The van der Waals surface area contributed by atoms with E-state index in [9.17, 15) is 14.4 Å². The largest absolute Gasteiger partial charge is 0.493 e. The molecule has 0 bridgehead atoms. The van der Waals surface area contributed by atoms with Crippen LogP contribution >= 0.6 is 0 Å². The van der Waals surface area contributed by atoms with Gasteiger partial charge in [0.15, 0.2) is 17.3 Å². The number of methoxy groups -OCH3 is 2. The summed E-state index contributed by atoms with van der Waals surface area (Å²) in [7, 11) is 2.94. The van der Waals surface area contributed by atoms with Crippen LogP contribution in [-0.2, 0) is 20.7 Å². The maximum Gasteiger partial charge on any atom is 0.305 e. The van der Waals surface area contributed by atoms with Crippen molar-refractivity contribution in [2.24, 2.45) is 0 Å². The first kappa shape index (κ1) is 19.7. The number of amides is 1. The number of hydrogen-bond acceptors (Lipinski definition) is 6. The summed E-state index contributed by atoms with van der Waals surface area (Å²) in [5.74, 6) is -0.616. The Bertz CT molecular complexity index is 701. The van der Waals surface area contributed by atoms with Gasteiger partial charge in [0.1, 0.15) is 0 Å². The van der Waals surface area contributed by atoms with Crippen LogP contribution in [-0.4, -0.2) is 67.7 Å². The van der Waals surface area contributed by atoms with Crippen LogP contribution in [0.25, 0.3) is 0 Å². The van der Waals surface area contributed by atoms with Crippen molar-refractivity contribution in [3.63, 3.8) is 0 Å². The zero-order valence-corrected chi connectivity index (χ0v) is 15.1. The lowest BCUT2D eigenvalue weighted by molar-refractivity contribution is -0.145. The van der Waals surface area contributed by atoms with Gasteiger partial charge in [0, 0.05) is 12.1 Å². The van der Waals surface area contributed by atoms with Crippen LogP contribution in [0.4, 0.5) is 0 Å². The normalized spacial score (nSPS) is 16.9. The van der Waals surface area contributed by atoms with Gasteiger partial charge in [-0.3, -0.25) is 14.4 Å². The van der Waals surface area contributed by atoms with Crippen LogP contribution in [0, 0.1) is 0 Å². The second-order valence-corrected chi connectivity index (χ2v) is 6.01. The van der Waals surface area contributed by atoms with E-state index < -0.39 is 12.0 Å². The summed E-state index contributed by atoms with van der Waals surface area (Å²) in [6.45, 7) is 2.27. The minimum atomic E-state index is -0.992. The number of carbonyl (C=O) groups is 3. The van der Waals surface area contributed by atoms with E-state index in [0.717, 1.165) is 0 Å². The van der Waals surface area contributed by atoms with Crippen molar-refractivity contribution in [1.82, 2.24) is 4.90 Å². The lowest BCUT2D eigenvalue weighted by Crippen LogP contribution is -2.50. The number of morpholine rings is 1. The fourth-order valence-corrected chi connectivity index (χ4v) is 3.01. The molecule has 8 heteroatoms. The van der Waals surface area contributed by atoms with E-state index in [2.05, 4.69) is 0 Å². The number of hydrogen-bond donors (Lipinski definition) is 1. The summed E-state index contributed by atoms with van der Waals surface area (Å²) in [5, 5.41) is 9.03. The second kappa shape index (κ2) is 8.66. The van der Waals surface area contributed by atoms with Crippen LogP contribution in [0.3, 0.4) is 0 Å². The molecule has 8 nitrogen and oxygen atoms in total. The van der Waals surface area contributed by atoms with Crippen molar-refractivity contribution in [3.8, 4) is 11.5 Å². The van der Waals surface area contributed by atoms with Crippen molar-refractivity contribution in [2.45, 2.75) is 25.8 Å². The quantitative estimate of drug-likeness (QED) is 0.723. The van der Waals surface area contributed by atoms with Gasteiger partial charge in [-0.25, -0.2) is 0 Å². The molecule has 1 aliphatic rings. The average Bonchev–Trinajstić information content (AvgIpc) is 2.60. The topological polar surface area (TPSA) is 102 Å². The predicted molar refractivity (Wildman–Crippen MR) is 91.8 cm³/mol. The first-order valence-electron chi connectivity index (χ1n) is 8.22. The number of carboxylic acid groups (broad SMARTS) is 1. The molecule has 0 radical (unpaired) electrons. The number of nitrogens with zero attached hydrogens (tertiary/aromatic N) is 1. The number of carbonyl (C=O) groups excluding carboxylic acids is 2. The monoisotopic (exact) mass is 365 g/mol. The molecule has 1 atom stereocenters. The van der Waals surface area contributed by atoms with Crippen molar-refractivity contribution >= 4 is 17.7 Å². The first-order valence-corrected chi connectivity index (χ1v) is 8.22. The second-order valence-electron chi connectivity index (χ2n) is 6.01. The van der Waals surface area contributed by atoms with Gasteiger partial charge < -0.3 is 24.2 Å². The number of rotatable bonds is 7. The van der Waals surface area contributed by atoms with Gasteiger partial charge in [-0.05, 0) is 24.6 Å². The Morgan fingerprint density at radius 1 is 1.23 bits per heavy atom. The molecule has 1 aromatic rings. The molecule has 0 saturated carbocycles. The van der Waals surface area contributed by atoms with E-state index in [1.807, 2.05) is 0 Å². The molecule has 1 aromatic carbocycles. The summed E-state index contributed by atoms with van der Waals surface area (Å²) in [4.78, 5) is 37.3. The Balaban J connectivity index is 2.29. The molecule has 1 fully saturated rings. The van der Waals surface area contributed by atoms with E-state index in [1.54, 1.807) is 12.1 Å². The standard InChI is InChI=1S/C18H23NO7/c1-11(20)14-9-16(25-3)15(24-2)6-12(14)7-17(21)19-4-5-26-10-13(19)8-18(22)23/h6,9,13H,4-5,7-8,10H2,1-3H3,(H,22,23)/t13-/m0/s1. The molecule has 1 N–H and O–H groups in total. The van der Waals surface area contributed by atoms with Gasteiger partial charge in [0.2, 0.25) is 5.91 Å². The molecule has 1 aliphatic heterocycles. The molecule has 142 valence electrons. The highest BCUT2D eigenvalue weighted by atomic mass is 16.5. The van der Waals surface area contributed by atoms with E-state index >= 15 is 0 Å². The zero-order chi connectivity index (χ0) is 19.3. The number of benzene rings is 1. The van der Waals surface area contributed by atoms with E-state index in [-0.39, 0.29) is 31.1 Å². The average molecular weight is 365 g/mol. The van der Waals surface area contributed by atoms with Gasteiger partial charge in [0.05, 0.1) is 46.3 Å². The molecular formula is C18H23NO7. The molecule has 0 spiro atoms. The fourth-order valence-electron chi connectivity index (χ4n) is 3.01. The summed E-state index contributed by atoms with van der Waals surface area (Å²) in [6, 6.07) is 2.65. The molecule has 1 amide bonds. The SMILES string of the molecule is COc1cc(CC(=O)N2CCOC[C@@H]2CC(=O)O)c(C(C)=O)cc1OC. The smallest absolute Gasteiger partial charge is 0.305 e. The number of Topliss-reactive ketones (excluding diaryl/α,β-unsaturated/α-hetero) is 1. The number of ether oxygens (including phenoxy) is 3.